The monoisotopic (exact) mass is 563 g/mol. The van der Waals surface area contributed by atoms with E-state index in [1.165, 1.54) is 17.7 Å². The van der Waals surface area contributed by atoms with Gasteiger partial charge in [-0.25, -0.2) is 14.4 Å². The van der Waals surface area contributed by atoms with Crippen LogP contribution in [0.2, 0.25) is 0 Å². The maximum absolute atomic E-state index is 13.4. The summed E-state index contributed by atoms with van der Waals surface area (Å²) < 4.78 is 21.6. The summed E-state index contributed by atoms with van der Waals surface area (Å²) in [5.41, 5.74) is 2.20. The van der Waals surface area contributed by atoms with Crippen molar-refractivity contribution >= 4 is 29.9 Å². The van der Waals surface area contributed by atoms with Crippen molar-refractivity contribution in [1.82, 2.24) is 19.8 Å². The largest absolute Gasteiger partial charge is 0.367 e. The highest BCUT2D eigenvalue weighted by atomic mass is 127. The molecular formula is C25H31FIN5O. The molecule has 8 heteroatoms. The van der Waals surface area contributed by atoms with Gasteiger partial charge in [0.25, 0.3) is 0 Å². The molecule has 2 atom stereocenters. The van der Waals surface area contributed by atoms with E-state index in [1.807, 2.05) is 30.6 Å². The van der Waals surface area contributed by atoms with Gasteiger partial charge in [0, 0.05) is 32.0 Å². The van der Waals surface area contributed by atoms with E-state index in [0.29, 0.717) is 13.1 Å². The first-order valence-electron chi connectivity index (χ1n) is 11.1. The van der Waals surface area contributed by atoms with E-state index >= 15 is 0 Å². The van der Waals surface area contributed by atoms with Gasteiger partial charge >= 0.3 is 0 Å². The van der Waals surface area contributed by atoms with Crippen LogP contribution in [-0.4, -0.2) is 46.1 Å². The topological polar surface area (TPSA) is 54.7 Å². The van der Waals surface area contributed by atoms with Gasteiger partial charge in [0.2, 0.25) is 0 Å². The number of benzene rings is 2. The van der Waals surface area contributed by atoms with Crippen LogP contribution >= 0.6 is 24.0 Å². The van der Waals surface area contributed by atoms with Crippen molar-refractivity contribution in [3.05, 3.63) is 89.8 Å². The number of nitrogens with zero attached hydrogens (tertiary/aromatic N) is 4. The van der Waals surface area contributed by atoms with Crippen molar-refractivity contribution in [3.8, 4) is 0 Å². The van der Waals surface area contributed by atoms with Gasteiger partial charge in [-0.05, 0) is 37.1 Å². The number of aromatic nitrogens is 2. The van der Waals surface area contributed by atoms with Crippen LogP contribution in [0.5, 0.6) is 0 Å². The van der Waals surface area contributed by atoms with Crippen LogP contribution in [0.4, 0.5) is 4.39 Å². The van der Waals surface area contributed by atoms with Gasteiger partial charge in [-0.15, -0.1) is 24.0 Å². The number of nitrogens with one attached hydrogen (secondary N) is 1. The zero-order valence-corrected chi connectivity index (χ0v) is 21.4. The number of halogens is 2. The highest BCUT2D eigenvalue weighted by molar-refractivity contribution is 14.0. The Kier molecular flexibility index (Phi) is 9.25. The molecule has 2 heterocycles. The average Bonchev–Trinajstić information content (AvgIpc) is 3.24. The lowest BCUT2D eigenvalue weighted by atomic mass is 10.1. The Hall–Kier alpha value is -2.46. The summed E-state index contributed by atoms with van der Waals surface area (Å²) in [5.74, 6) is 1.51. The second-order valence-electron chi connectivity index (χ2n) is 8.02. The lowest BCUT2D eigenvalue weighted by Gasteiger charge is -2.38. The van der Waals surface area contributed by atoms with E-state index in [4.69, 9.17) is 9.73 Å². The molecule has 1 N–H and O–H groups in total. The van der Waals surface area contributed by atoms with Crippen LogP contribution < -0.4 is 5.32 Å². The molecule has 3 aromatic rings. The normalized spacial score (nSPS) is 18.6. The van der Waals surface area contributed by atoms with E-state index < -0.39 is 0 Å². The predicted molar refractivity (Wildman–Crippen MR) is 139 cm³/mol. The number of guanidine groups is 1. The average molecular weight is 563 g/mol. The van der Waals surface area contributed by atoms with Crippen molar-refractivity contribution in [2.24, 2.45) is 4.99 Å². The van der Waals surface area contributed by atoms with E-state index in [0.717, 1.165) is 37.0 Å². The summed E-state index contributed by atoms with van der Waals surface area (Å²) in [6.45, 7) is 7.52. The Labute approximate surface area is 211 Å². The number of hydrogen-bond acceptors (Lipinski definition) is 3. The SMILES string of the molecule is CCNC(=NCc1nccn1Cc1ccccc1)N1CC(C)OC(c2ccc(F)cc2)C1.I. The summed E-state index contributed by atoms with van der Waals surface area (Å²) in [5, 5.41) is 3.41. The lowest BCUT2D eigenvalue weighted by Crippen LogP contribution is -2.50. The fourth-order valence-corrected chi connectivity index (χ4v) is 3.97. The molecule has 2 unspecified atom stereocenters. The minimum absolute atomic E-state index is 0. The third-order valence-electron chi connectivity index (χ3n) is 5.50. The van der Waals surface area contributed by atoms with E-state index in [2.05, 4.69) is 45.7 Å². The number of morpholine rings is 1. The first kappa shape index (κ1) is 25.2. The molecule has 6 nitrogen and oxygen atoms in total. The van der Waals surface area contributed by atoms with Gasteiger partial charge in [0.05, 0.1) is 12.6 Å². The lowest BCUT2D eigenvalue weighted by molar-refractivity contribution is -0.0605. The summed E-state index contributed by atoms with van der Waals surface area (Å²) in [7, 11) is 0. The van der Waals surface area contributed by atoms with Crippen molar-refractivity contribution in [1.29, 1.82) is 0 Å². The van der Waals surface area contributed by atoms with Crippen LogP contribution in [0, 0.1) is 5.82 Å². The second kappa shape index (κ2) is 12.1. The van der Waals surface area contributed by atoms with Crippen molar-refractivity contribution in [2.75, 3.05) is 19.6 Å². The van der Waals surface area contributed by atoms with Gasteiger partial charge in [0.1, 0.15) is 24.3 Å². The highest BCUT2D eigenvalue weighted by Crippen LogP contribution is 2.25. The molecule has 0 aliphatic carbocycles. The molecule has 4 rings (SSSR count). The smallest absolute Gasteiger partial charge is 0.194 e. The van der Waals surface area contributed by atoms with Crippen LogP contribution in [0.1, 0.15) is 36.9 Å². The molecule has 0 bridgehead atoms. The van der Waals surface area contributed by atoms with Crippen molar-refractivity contribution < 1.29 is 9.13 Å². The van der Waals surface area contributed by atoms with Gasteiger partial charge in [0.15, 0.2) is 5.96 Å². The first-order valence-corrected chi connectivity index (χ1v) is 11.1. The third-order valence-corrected chi connectivity index (χ3v) is 5.50. The molecule has 176 valence electrons. The maximum Gasteiger partial charge on any atom is 0.194 e. The first-order chi connectivity index (χ1) is 15.6. The minimum Gasteiger partial charge on any atom is -0.367 e. The minimum atomic E-state index is -0.240. The Balaban J connectivity index is 0.00000306. The van der Waals surface area contributed by atoms with E-state index in [9.17, 15) is 4.39 Å². The Morgan fingerprint density at radius 3 is 2.64 bits per heavy atom. The Morgan fingerprint density at radius 1 is 1.15 bits per heavy atom. The molecule has 1 aliphatic heterocycles. The van der Waals surface area contributed by atoms with Crippen LogP contribution in [0.3, 0.4) is 0 Å². The molecule has 1 saturated heterocycles. The molecule has 2 aromatic carbocycles. The number of rotatable bonds is 6. The summed E-state index contributed by atoms with van der Waals surface area (Å²) in [6.07, 6.45) is 3.71. The standard InChI is InChI=1S/C25H30FN5O.HI/c1-3-27-25(29-15-24-28-13-14-30(24)17-20-7-5-4-6-8-20)31-16-19(2)32-23(18-31)21-9-11-22(26)12-10-21;/h4-14,19,23H,3,15-18H2,1-2H3,(H,27,29);1H. The fourth-order valence-electron chi connectivity index (χ4n) is 3.97. The number of imidazole rings is 1. The zero-order valence-electron chi connectivity index (χ0n) is 19.0. The second-order valence-corrected chi connectivity index (χ2v) is 8.02. The zero-order chi connectivity index (χ0) is 22.3. The summed E-state index contributed by atoms with van der Waals surface area (Å²) >= 11 is 0. The Bertz CT molecular complexity index is 1020. The molecule has 1 aromatic heterocycles. The summed E-state index contributed by atoms with van der Waals surface area (Å²) in [4.78, 5) is 11.6. The molecule has 0 radical (unpaired) electrons. The fraction of sp³-hybridized carbons (Fsp3) is 0.360. The molecule has 1 aliphatic rings. The highest BCUT2D eigenvalue weighted by Gasteiger charge is 2.28. The van der Waals surface area contributed by atoms with Gasteiger partial charge in [-0.2, -0.15) is 0 Å². The molecule has 0 amide bonds. The predicted octanol–water partition coefficient (Wildman–Crippen LogP) is 4.62. The molecule has 1 fully saturated rings. The number of hydrogen-bond donors (Lipinski definition) is 1. The van der Waals surface area contributed by atoms with E-state index in [1.54, 1.807) is 12.1 Å². The van der Waals surface area contributed by atoms with Crippen LogP contribution in [0.25, 0.3) is 0 Å². The molecule has 33 heavy (non-hydrogen) atoms. The van der Waals surface area contributed by atoms with Gasteiger partial charge < -0.3 is 19.5 Å². The quantitative estimate of drug-likeness (QED) is 0.271. The van der Waals surface area contributed by atoms with Gasteiger partial charge in [-0.3, -0.25) is 0 Å². The third kappa shape index (κ3) is 6.77. The number of ether oxygens (including phenoxy) is 1. The summed E-state index contributed by atoms with van der Waals surface area (Å²) in [6, 6.07) is 16.9. The molecule has 0 saturated carbocycles. The van der Waals surface area contributed by atoms with Crippen molar-refractivity contribution in [2.45, 2.75) is 39.1 Å². The maximum atomic E-state index is 13.4. The Morgan fingerprint density at radius 2 is 1.91 bits per heavy atom. The van der Waals surface area contributed by atoms with Gasteiger partial charge in [-0.1, -0.05) is 42.5 Å². The number of aliphatic imine (C=N–C) groups is 1. The van der Waals surface area contributed by atoms with E-state index in [-0.39, 0.29) is 42.0 Å². The molecular weight excluding hydrogens is 532 g/mol. The van der Waals surface area contributed by atoms with Crippen LogP contribution in [-0.2, 0) is 17.8 Å². The molecule has 0 spiro atoms. The van der Waals surface area contributed by atoms with Crippen LogP contribution in [0.15, 0.2) is 72.0 Å². The van der Waals surface area contributed by atoms with Crippen molar-refractivity contribution in [3.63, 3.8) is 0 Å².